The maximum atomic E-state index is 13.1. The number of amides is 2. The molecular weight excluding hydrogens is 461 g/mol. The highest BCUT2D eigenvalue weighted by Gasteiger charge is 2.15. The fourth-order valence-electron chi connectivity index (χ4n) is 3.28. The predicted molar refractivity (Wildman–Crippen MR) is 130 cm³/mol. The number of anilines is 1. The molecule has 3 aromatic rings. The van der Waals surface area contributed by atoms with Crippen LogP contribution in [-0.2, 0) is 16.1 Å². The fourth-order valence-corrected chi connectivity index (χ4v) is 3.52. The number of nitrogens with one attached hydrogen (secondary N) is 3. The van der Waals surface area contributed by atoms with E-state index >= 15 is 0 Å². The van der Waals surface area contributed by atoms with Gasteiger partial charge in [0.2, 0.25) is 5.91 Å². The van der Waals surface area contributed by atoms with Crippen molar-refractivity contribution in [1.29, 1.82) is 0 Å². The second-order valence-electron chi connectivity index (χ2n) is 7.67. The van der Waals surface area contributed by atoms with Crippen LogP contribution in [-0.4, -0.2) is 42.7 Å². The van der Waals surface area contributed by atoms with Crippen molar-refractivity contribution in [2.24, 2.45) is 5.73 Å². The van der Waals surface area contributed by atoms with Crippen LogP contribution < -0.4 is 21.7 Å². The third-order valence-electron chi connectivity index (χ3n) is 5.01. The van der Waals surface area contributed by atoms with Gasteiger partial charge in [0.25, 0.3) is 0 Å². The van der Waals surface area contributed by atoms with Crippen molar-refractivity contribution in [2.45, 2.75) is 25.4 Å². The smallest absolute Gasteiger partial charge is 0.412 e. The highest BCUT2D eigenvalue weighted by atomic mass is 35.5. The van der Waals surface area contributed by atoms with Crippen LogP contribution in [0.15, 0.2) is 54.7 Å². The first-order valence-electron chi connectivity index (χ1n) is 10.9. The van der Waals surface area contributed by atoms with Gasteiger partial charge in [0, 0.05) is 23.2 Å². The molecule has 10 heteroatoms. The number of pyridine rings is 1. The Bertz CT molecular complexity index is 1130. The Hall–Kier alpha value is -3.27. The third kappa shape index (κ3) is 7.95. The summed E-state index contributed by atoms with van der Waals surface area (Å²) in [6, 6.07) is 13.1. The average molecular weight is 488 g/mol. The van der Waals surface area contributed by atoms with E-state index < -0.39 is 18.0 Å². The Balaban J connectivity index is 1.46. The fraction of sp³-hybridized carbons (Fsp3) is 0.292. The molecule has 2 amide bonds. The van der Waals surface area contributed by atoms with Crippen molar-refractivity contribution < 1.29 is 18.7 Å². The molecule has 0 saturated heterocycles. The van der Waals surface area contributed by atoms with Crippen molar-refractivity contribution in [3.8, 4) is 0 Å². The molecule has 0 aliphatic rings. The van der Waals surface area contributed by atoms with Crippen LogP contribution in [0, 0.1) is 5.82 Å². The van der Waals surface area contributed by atoms with E-state index in [1.807, 2.05) is 24.3 Å². The number of carbonyl (C=O) groups is 2. The van der Waals surface area contributed by atoms with E-state index in [0.29, 0.717) is 37.3 Å². The van der Waals surface area contributed by atoms with E-state index in [1.54, 1.807) is 18.3 Å². The van der Waals surface area contributed by atoms with Gasteiger partial charge in [0.05, 0.1) is 12.6 Å². The zero-order chi connectivity index (χ0) is 24.3. The number of benzene rings is 2. The van der Waals surface area contributed by atoms with Gasteiger partial charge in [-0.15, -0.1) is 0 Å². The van der Waals surface area contributed by atoms with Crippen LogP contribution in [0.3, 0.4) is 0 Å². The number of hydrogen-bond acceptors (Lipinski definition) is 6. The Morgan fingerprint density at radius 3 is 2.71 bits per heavy atom. The molecule has 2 aromatic carbocycles. The quantitative estimate of drug-likeness (QED) is 0.328. The first-order chi connectivity index (χ1) is 16.4. The summed E-state index contributed by atoms with van der Waals surface area (Å²) in [4.78, 5) is 28.8. The number of ether oxygens (including phenoxy) is 1. The summed E-state index contributed by atoms with van der Waals surface area (Å²) in [7, 11) is 0. The highest BCUT2D eigenvalue weighted by Crippen LogP contribution is 2.17. The second kappa shape index (κ2) is 12.8. The van der Waals surface area contributed by atoms with Gasteiger partial charge in [-0.05, 0) is 48.5 Å². The average Bonchev–Trinajstić information content (AvgIpc) is 2.82. The summed E-state index contributed by atoms with van der Waals surface area (Å²) in [5.41, 5.74) is 6.27. The van der Waals surface area contributed by atoms with E-state index in [2.05, 4.69) is 20.9 Å². The lowest BCUT2D eigenvalue weighted by Gasteiger charge is -2.19. The lowest BCUT2D eigenvalue weighted by atomic mass is 10.1. The van der Waals surface area contributed by atoms with E-state index in [1.165, 1.54) is 12.1 Å². The van der Waals surface area contributed by atoms with Crippen molar-refractivity contribution in [2.75, 3.05) is 25.0 Å². The highest BCUT2D eigenvalue weighted by molar-refractivity contribution is 6.31. The normalized spacial score (nSPS) is 11.7. The molecular formula is C24H27ClFN5O3. The number of nitrogens with zero attached hydrogens (tertiary/aromatic N) is 1. The molecule has 1 aromatic heterocycles. The van der Waals surface area contributed by atoms with Crippen molar-refractivity contribution in [3.63, 3.8) is 0 Å². The van der Waals surface area contributed by atoms with Crippen molar-refractivity contribution >= 4 is 40.2 Å². The van der Waals surface area contributed by atoms with Gasteiger partial charge in [0.1, 0.15) is 18.2 Å². The molecule has 0 radical (unpaired) electrons. The Morgan fingerprint density at radius 2 is 1.94 bits per heavy atom. The number of nitrogens with two attached hydrogens (primary N) is 1. The third-order valence-corrected chi connectivity index (χ3v) is 5.37. The number of carbonyl (C=O) groups excluding carboxylic acids is 2. The molecule has 0 aliphatic carbocycles. The summed E-state index contributed by atoms with van der Waals surface area (Å²) in [5.74, 6) is -0.329. The van der Waals surface area contributed by atoms with Crippen LogP contribution in [0.25, 0.3) is 10.8 Å². The van der Waals surface area contributed by atoms with Gasteiger partial charge >= 0.3 is 6.09 Å². The standard InChI is InChI=1S/C24H27ClFN5O3/c25-21-11-19(26)8-7-18(21)12-28-14-23(32)30-20(6-3-9-27)15-34-24(33)31-22-10-16-4-1-2-5-17(16)13-29-22/h1-2,4-5,7-8,10-11,13,20,28H,3,6,9,12,14-15,27H2,(H,30,32)(H,29,31,33)/t20-/m0/s1. The molecule has 0 spiro atoms. The summed E-state index contributed by atoms with van der Waals surface area (Å²) >= 11 is 5.99. The molecule has 3 rings (SSSR count). The van der Waals surface area contributed by atoms with Crippen LogP contribution in [0.5, 0.6) is 0 Å². The number of aromatic nitrogens is 1. The molecule has 0 fully saturated rings. The molecule has 8 nitrogen and oxygen atoms in total. The largest absolute Gasteiger partial charge is 0.447 e. The van der Waals surface area contributed by atoms with E-state index in [-0.39, 0.29) is 24.1 Å². The molecule has 34 heavy (non-hydrogen) atoms. The Morgan fingerprint density at radius 1 is 1.15 bits per heavy atom. The number of halogens is 2. The van der Waals surface area contributed by atoms with Gasteiger partial charge in [-0.25, -0.2) is 14.2 Å². The summed E-state index contributed by atoms with van der Waals surface area (Å²) < 4.78 is 18.4. The lowest BCUT2D eigenvalue weighted by Crippen LogP contribution is -2.43. The molecule has 1 atom stereocenters. The molecule has 0 saturated carbocycles. The minimum Gasteiger partial charge on any atom is -0.447 e. The topological polar surface area (TPSA) is 118 Å². The second-order valence-corrected chi connectivity index (χ2v) is 8.08. The first kappa shape index (κ1) is 25.4. The van der Waals surface area contributed by atoms with Gasteiger partial charge in [-0.2, -0.15) is 0 Å². The van der Waals surface area contributed by atoms with Gasteiger partial charge < -0.3 is 21.1 Å². The maximum Gasteiger partial charge on any atom is 0.412 e. The summed E-state index contributed by atoms with van der Waals surface area (Å²) in [6.45, 7) is 0.744. The molecule has 0 unspecified atom stereocenters. The molecule has 180 valence electrons. The Labute approximate surface area is 202 Å². The van der Waals surface area contributed by atoms with Gasteiger partial charge in [0.15, 0.2) is 0 Å². The number of fused-ring (bicyclic) bond motifs is 1. The van der Waals surface area contributed by atoms with Crippen LogP contribution in [0.1, 0.15) is 18.4 Å². The van der Waals surface area contributed by atoms with Crippen LogP contribution in [0.4, 0.5) is 15.0 Å². The molecule has 5 N–H and O–H groups in total. The zero-order valence-electron chi connectivity index (χ0n) is 18.5. The Kier molecular flexibility index (Phi) is 9.57. The first-order valence-corrected chi connectivity index (χ1v) is 11.2. The number of rotatable bonds is 11. The zero-order valence-corrected chi connectivity index (χ0v) is 19.3. The van der Waals surface area contributed by atoms with Gasteiger partial charge in [-0.1, -0.05) is 41.9 Å². The van der Waals surface area contributed by atoms with E-state index in [4.69, 9.17) is 22.1 Å². The summed E-state index contributed by atoms with van der Waals surface area (Å²) in [6.07, 6.45) is 2.20. The minimum absolute atomic E-state index is 0.0139. The summed E-state index contributed by atoms with van der Waals surface area (Å²) in [5, 5.41) is 10.6. The maximum absolute atomic E-state index is 13.1. The molecule has 0 aliphatic heterocycles. The van der Waals surface area contributed by atoms with Gasteiger partial charge in [-0.3, -0.25) is 10.1 Å². The minimum atomic E-state index is -0.668. The van der Waals surface area contributed by atoms with Crippen LogP contribution >= 0.6 is 11.6 Å². The van der Waals surface area contributed by atoms with Crippen LogP contribution in [0.2, 0.25) is 5.02 Å². The number of hydrogen-bond donors (Lipinski definition) is 4. The van der Waals surface area contributed by atoms with Crippen molar-refractivity contribution in [3.05, 3.63) is 71.1 Å². The van der Waals surface area contributed by atoms with Crippen molar-refractivity contribution in [1.82, 2.24) is 15.6 Å². The molecule has 1 heterocycles. The van der Waals surface area contributed by atoms with E-state index in [0.717, 1.165) is 10.8 Å². The molecule has 0 bridgehead atoms. The predicted octanol–water partition coefficient (Wildman–Crippen LogP) is 3.59. The SMILES string of the molecule is NCCC[C@@H](COC(=O)Nc1cc2ccccc2cn1)NC(=O)CNCc1ccc(F)cc1Cl. The van der Waals surface area contributed by atoms with E-state index in [9.17, 15) is 14.0 Å². The lowest BCUT2D eigenvalue weighted by molar-refractivity contribution is -0.121. The monoisotopic (exact) mass is 487 g/mol.